The number of nitrogens with two attached hydrogens (primary N) is 1. The smallest absolute Gasteiger partial charge is 0.340 e. The van der Waals surface area contributed by atoms with Crippen molar-refractivity contribution in [2.45, 2.75) is 38.8 Å². The third kappa shape index (κ3) is 3.42. The summed E-state index contributed by atoms with van der Waals surface area (Å²) < 4.78 is 10.5. The van der Waals surface area contributed by atoms with Crippen LogP contribution >= 0.6 is 0 Å². The van der Waals surface area contributed by atoms with Crippen LogP contribution in [0.25, 0.3) is 0 Å². The van der Waals surface area contributed by atoms with Gasteiger partial charge in [-0.2, -0.15) is 0 Å². The quantitative estimate of drug-likeness (QED) is 0.653. The van der Waals surface area contributed by atoms with Crippen molar-refractivity contribution in [3.63, 3.8) is 0 Å². The highest BCUT2D eigenvalue weighted by Gasteiger charge is 2.21. The van der Waals surface area contributed by atoms with E-state index in [4.69, 9.17) is 15.2 Å². The number of carbonyl (C=O) groups is 1. The SMILES string of the molecule is CCOC(=O)c1cccc(NC2CCOC(C)C2)c1N. The highest BCUT2D eigenvalue weighted by molar-refractivity contribution is 5.98. The van der Waals surface area contributed by atoms with E-state index >= 15 is 0 Å². The van der Waals surface area contributed by atoms with Gasteiger partial charge in [0.05, 0.1) is 29.6 Å². The van der Waals surface area contributed by atoms with Crippen molar-refractivity contribution in [3.8, 4) is 0 Å². The van der Waals surface area contributed by atoms with Crippen LogP contribution in [0.5, 0.6) is 0 Å². The lowest BCUT2D eigenvalue weighted by molar-refractivity contribution is 0.0232. The second kappa shape index (κ2) is 6.61. The maximum Gasteiger partial charge on any atom is 0.340 e. The molecular formula is C15H22N2O3. The molecule has 0 bridgehead atoms. The maximum atomic E-state index is 11.8. The topological polar surface area (TPSA) is 73.6 Å². The van der Waals surface area contributed by atoms with Crippen molar-refractivity contribution in [2.75, 3.05) is 24.3 Å². The molecule has 2 rings (SSSR count). The molecule has 0 saturated carbocycles. The number of benzene rings is 1. The Bertz CT molecular complexity index is 476. The second-order valence-electron chi connectivity index (χ2n) is 5.03. The summed E-state index contributed by atoms with van der Waals surface area (Å²) in [6.45, 7) is 4.93. The minimum Gasteiger partial charge on any atom is -0.462 e. The highest BCUT2D eigenvalue weighted by atomic mass is 16.5. The van der Waals surface area contributed by atoms with Crippen LogP contribution in [0.15, 0.2) is 18.2 Å². The Morgan fingerprint density at radius 2 is 2.35 bits per heavy atom. The minimum atomic E-state index is -0.381. The van der Waals surface area contributed by atoms with E-state index in [0.29, 0.717) is 23.9 Å². The summed E-state index contributed by atoms with van der Waals surface area (Å²) in [7, 11) is 0. The summed E-state index contributed by atoms with van der Waals surface area (Å²) in [5, 5.41) is 3.40. The molecule has 110 valence electrons. The molecule has 3 N–H and O–H groups in total. The molecule has 5 nitrogen and oxygen atoms in total. The zero-order chi connectivity index (χ0) is 14.5. The summed E-state index contributed by atoms with van der Waals surface area (Å²) in [6, 6.07) is 5.70. The predicted molar refractivity (Wildman–Crippen MR) is 78.9 cm³/mol. The molecule has 1 aromatic carbocycles. The molecule has 5 heteroatoms. The maximum absolute atomic E-state index is 11.8. The molecule has 2 unspecified atom stereocenters. The molecule has 0 amide bonds. The van der Waals surface area contributed by atoms with Crippen LogP contribution in [0, 0.1) is 0 Å². The molecule has 1 aliphatic heterocycles. The fourth-order valence-corrected chi connectivity index (χ4v) is 2.43. The molecular weight excluding hydrogens is 256 g/mol. The Labute approximate surface area is 119 Å². The van der Waals surface area contributed by atoms with Crippen LogP contribution in [0.3, 0.4) is 0 Å². The molecule has 0 spiro atoms. The largest absolute Gasteiger partial charge is 0.462 e. The summed E-state index contributed by atoms with van der Waals surface area (Å²) >= 11 is 0. The van der Waals surface area contributed by atoms with Crippen molar-refractivity contribution < 1.29 is 14.3 Å². The standard InChI is InChI=1S/C15H22N2O3/c1-3-19-15(18)12-5-4-6-13(14(12)16)17-11-7-8-20-10(2)9-11/h4-6,10-11,17H,3,7-9,16H2,1-2H3. The van der Waals surface area contributed by atoms with E-state index in [1.807, 2.05) is 12.1 Å². The molecule has 1 aromatic rings. The van der Waals surface area contributed by atoms with Gasteiger partial charge in [0.15, 0.2) is 0 Å². The summed E-state index contributed by atoms with van der Waals surface area (Å²) in [4.78, 5) is 11.8. The van der Waals surface area contributed by atoms with Gasteiger partial charge >= 0.3 is 5.97 Å². The van der Waals surface area contributed by atoms with Gasteiger partial charge in [0, 0.05) is 12.6 Å². The molecule has 1 saturated heterocycles. The number of nitrogens with one attached hydrogen (secondary N) is 1. The second-order valence-corrected chi connectivity index (χ2v) is 5.03. The number of carbonyl (C=O) groups excluding carboxylic acids is 1. The van der Waals surface area contributed by atoms with E-state index in [1.54, 1.807) is 13.0 Å². The van der Waals surface area contributed by atoms with Crippen molar-refractivity contribution in [1.82, 2.24) is 0 Å². The van der Waals surface area contributed by atoms with Crippen molar-refractivity contribution in [2.24, 2.45) is 0 Å². The average molecular weight is 278 g/mol. The Hall–Kier alpha value is -1.75. The molecule has 0 aromatic heterocycles. The van der Waals surface area contributed by atoms with E-state index in [-0.39, 0.29) is 12.1 Å². The summed E-state index contributed by atoms with van der Waals surface area (Å²) in [5.41, 5.74) is 7.72. The molecule has 2 atom stereocenters. The van der Waals surface area contributed by atoms with Crippen LogP contribution in [0.4, 0.5) is 11.4 Å². The van der Waals surface area contributed by atoms with Gasteiger partial charge < -0.3 is 20.5 Å². The lowest BCUT2D eigenvalue weighted by Crippen LogP contribution is -2.32. The first-order valence-corrected chi connectivity index (χ1v) is 7.05. The Morgan fingerprint density at radius 3 is 3.05 bits per heavy atom. The van der Waals surface area contributed by atoms with Gasteiger partial charge in [0.1, 0.15) is 0 Å². The van der Waals surface area contributed by atoms with Crippen molar-refractivity contribution in [1.29, 1.82) is 0 Å². The van der Waals surface area contributed by atoms with E-state index in [1.165, 1.54) is 0 Å². The Kier molecular flexibility index (Phi) is 4.84. The number of ether oxygens (including phenoxy) is 2. The first kappa shape index (κ1) is 14.7. The first-order chi connectivity index (χ1) is 9.61. The fourth-order valence-electron chi connectivity index (χ4n) is 2.43. The normalized spacial score (nSPS) is 22.3. The van der Waals surface area contributed by atoms with E-state index < -0.39 is 0 Å². The van der Waals surface area contributed by atoms with Gasteiger partial charge in [-0.25, -0.2) is 4.79 Å². The first-order valence-electron chi connectivity index (χ1n) is 7.05. The number of nitrogen functional groups attached to an aromatic ring is 1. The average Bonchev–Trinajstić information content (AvgIpc) is 2.41. The number of anilines is 2. The van der Waals surface area contributed by atoms with Crippen LogP contribution < -0.4 is 11.1 Å². The van der Waals surface area contributed by atoms with Crippen molar-refractivity contribution in [3.05, 3.63) is 23.8 Å². The number of rotatable bonds is 4. The molecule has 1 fully saturated rings. The Morgan fingerprint density at radius 1 is 1.55 bits per heavy atom. The van der Waals surface area contributed by atoms with Gasteiger partial charge in [0.2, 0.25) is 0 Å². The van der Waals surface area contributed by atoms with Gasteiger partial charge in [-0.3, -0.25) is 0 Å². The monoisotopic (exact) mass is 278 g/mol. The third-order valence-electron chi connectivity index (χ3n) is 3.45. The number of esters is 1. The molecule has 0 radical (unpaired) electrons. The van der Waals surface area contributed by atoms with E-state index in [0.717, 1.165) is 25.1 Å². The van der Waals surface area contributed by atoms with Crippen LogP contribution in [-0.2, 0) is 9.47 Å². The lowest BCUT2D eigenvalue weighted by atomic mass is 10.0. The lowest BCUT2D eigenvalue weighted by Gasteiger charge is -2.29. The van der Waals surface area contributed by atoms with Crippen LogP contribution in [-0.4, -0.2) is 31.3 Å². The minimum absolute atomic E-state index is 0.246. The number of hydrogen-bond donors (Lipinski definition) is 2. The number of hydrogen-bond acceptors (Lipinski definition) is 5. The van der Waals surface area contributed by atoms with Gasteiger partial charge in [0.25, 0.3) is 0 Å². The van der Waals surface area contributed by atoms with E-state index in [9.17, 15) is 4.79 Å². The zero-order valence-corrected chi connectivity index (χ0v) is 12.0. The molecule has 0 aliphatic carbocycles. The van der Waals surface area contributed by atoms with Crippen LogP contribution in [0.1, 0.15) is 37.0 Å². The molecule has 1 aliphatic rings. The number of para-hydroxylation sites is 1. The summed E-state index contributed by atoms with van der Waals surface area (Å²) in [6.07, 6.45) is 2.12. The molecule has 1 heterocycles. The highest BCUT2D eigenvalue weighted by Crippen LogP contribution is 2.26. The third-order valence-corrected chi connectivity index (χ3v) is 3.45. The van der Waals surface area contributed by atoms with Crippen molar-refractivity contribution >= 4 is 17.3 Å². The predicted octanol–water partition coefficient (Wildman–Crippen LogP) is 2.42. The molecule has 20 heavy (non-hydrogen) atoms. The zero-order valence-electron chi connectivity index (χ0n) is 12.0. The fraction of sp³-hybridized carbons (Fsp3) is 0.533. The summed E-state index contributed by atoms with van der Waals surface area (Å²) in [5.74, 6) is -0.381. The van der Waals surface area contributed by atoms with E-state index in [2.05, 4.69) is 12.2 Å². The van der Waals surface area contributed by atoms with Gasteiger partial charge in [-0.15, -0.1) is 0 Å². The van der Waals surface area contributed by atoms with Gasteiger partial charge in [-0.1, -0.05) is 6.07 Å². The Balaban J connectivity index is 2.12. The van der Waals surface area contributed by atoms with Gasteiger partial charge in [-0.05, 0) is 38.8 Å². The van der Waals surface area contributed by atoms with Crippen LogP contribution in [0.2, 0.25) is 0 Å².